The number of amides is 2. The molecule has 3 rings (SSSR count). The first-order valence-electron chi connectivity index (χ1n) is 13.7. The van der Waals surface area contributed by atoms with E-state index in [1.54, 1.807) is 12.1 Å². The fourth-order valence-electron chi connectivity index (χ4n) is 4.94. The van der Waals surface area contributed by atoms with Crippen LogP contribution in [0.4, 0.5) is 11.4 Å². The van der Waals surface area contributed by atoms with Gasteiger partial charge in [-0.1, -0.05) is 52.0 Å². The summed E-state index contributed by atoms with van der Waals surface area (Å²) in [5.74, 6) is -3.41. The van der Waals surface area contributed by atoms with Gasteiger partial charge in [0.1, 0.15) is 6.04 Å². The first kappa shape index (κ1) is 32.1. The smallest absolute Gasteiger partial charge is 0.323 e. The average molecular weight is 580 g/mol. The minimum absolute atomic E-state index is 0.0121. The van der Waals surface area contributed by atoms with Crippen LogP contribution in [0.25, 0.3) is 0 Å². The van der Waals surface area contributed by atoms with E-state index in [1.807, 2.05) is 27.7 Å². The lowest BCUT2D eigenvalue weighted by Gasteiger charge is -2.23. The second-order valence-corrected chi connectivity index (χ2v) is 10.7. The molecule has 0 aromatic heterocycles. The zero-order valence-electron chi connectivity index (χ0n) is 24.7. The van der Waals surface area contributed by atoms with Gasteiger partial charge in [-0.3, -0.25) is 34.1 Å². The number of hydrogen-bond donors (Lipinski definition) is 3. The zero-order chi connectivity index (χ0) is 31.1. The normalized spacial score (nSPS) is 13.6. The van der Waals surface area contributed by atoms with Crippen molar-refractivity contribution in [1.29, 1.82) is 0 Å². The predicted molar refractivity (Wildman–Crippen MR) is 155 cm³/mol. The van der Waals surface area contributed by atoms with Crippen molar-refractivity contribution in [3.8, 4) is 0 Å². The van der Waals surface area contributed by atoms with E-state index in [-0.39, 0.29) is 64.9 Å². The average Bonchev–Trinajstić information content (AvgIpc) is 2.95. The van der Waals surface area contributed by atoms with Crippen LogP contribution in [0.15, 0.2) is 36.4 Å². The van der Waals surface area contributed by atoms with E-state index in [4.69, 9.17) is 9.47 Å². The molecule has 11 nitrogen and oxygen atoms in total. The third-order valence-electron chi connectivity index (χ3n) is 7.22. The fraction of sp³-hybridized carbons (Fsp3) is 0.419. The number of hydrogen-bond acceptors (Lipinski definition) is 9. The van der Waals surface area contributed by atoms with Crippen molar-refractivity contribution in [2.24, 2.45) is 17.8 Å². The third kappa shape index (κ3) is 7.09. The molecule has 0 unspecified atom stereocenters. The Balaban J connectivity index is 1.80. The number of rotatable bonds is 12. The number of ketones is 2. The largest absolute Gasteiger partial charge is 0.469 e. The Hall–Kier alpha value is -4.38. The molecule has 3 N–H and O–H groups in total. The summed E-state index contributed by atoms with van der Waals surface area (Å²) in [4.78, 5) is 76.9. The molecule has 224 valence electrons. The van der Waals surface area contributed by atoms with E-state index in [2.05, 4.69) is 16.0 Å². The summed E-state index contributed by atoms with van der Waals surface area (Å²) < 4.78 is 9.62. The van der Waals surface area contributed by atoms with Crippen molar-refractivity contribution in [3.63, 3.8) is 0 Å². The van der Waals surface area contributed by atoms with Crippen molar-refractivity contribution in [1.82, 2.24) is 5.32 Å². The van der Waals surface area contributed by atoms with Crippen LogP contribution in [0.3, 0.4) is 0 Å². The summed E-state index contributed by atoms with van der Waals surface area (Å²) in [7, 11) is 2.57. The minimum atomic E-state index is -0.703. The Kier molecular flexibility index (Phi) is 10.7. The first-order valence-corrected chi connectivity index (χ1v) is 13.7. The SMILES string of the molecule is COC(=O)[C@H](CCC(=O)Nc1cccc2c1C(=O)c1cccc(NC(=O)CN[C@@H](C(=O)OC)C(C)C)c1C2=O)C(C)C. The van der Waals surface area contributed by atoms with Gasteiger partial charge in [-0.15, -0.1) is 0 Å². The van der Waals surface area contributed by atoms with Gasteiger partial charge >= 0.3 is 11.9 Å². The number of methoxy groups -OCH3 is 2. The van der Waals surface area contributed by atoms with Crippen LogP contribution in [0.5, 0.6) is 0 Å². The van der Waals surface area contributed by atoms with Gasteiger partial charge in [-0.25, -0.2) is 0 Å². The number of fused-ring (bicyclic) bond motifs is 2. The predicted octanol–water partition coefficient (Wildman–Crippen LogP) is 3.35. The van der Waals surface area contributed by atoms with Crippen molar-refractivity contribution >= 4 is 46.7 Å². The summed E-state index contributed by atoms with van der Waals surface area (Å²) in [6.07, 6.45) is 0.272. The Morgan fingerprint density at radius 3 is 1.67 bits per heavy atom. The molecule has 0 heterocycles. The summed E-state index contributed by atoms with van der Waals surface area (Å²) >= 11 is 0. The van der Waals surface area contributed by atoms with Crippen LogP contribution in [0.1, 0.15) is 72.4 Å². The summed E-state index contributed by atoms with van der Waals surface area (Å²) in [6.45, 7) is 7.12. The van der Waals surface area contributed by atoms with E-state index < -0.39 is 47.3 Å². The summed E-state index contributed by atoms with van der Waals surface area (Å²) in [5, 5.41) is 8.25. The van der Waals surface area contributed by atoms with Gasteiger partial charge < -0.3 is 20.1 Å². The van der Waals surface area contributed by atoms with Crippen LogP contribution in [0.2, 0.25) is 0 Å². The Bertz CT molecular complexity index is 1290. The molecule has 0 saturated carbocycles. The maximum Gasteiger partial charge on any atom is 0.323 e. The monoisotopic (exact) mass is 579 g/mol. The highest BCUT2D eigenvalue weighted by Gasteiger charge is 2.34. The molecule has 0 aliphatic heterocycles. The second-order valence-electron chi connectivity index (χ2n) is 10.7. The van der Waals surface area contributed by atoms with Gasteiger partial charge in [0.15, 0.2) is 11.6 Å². The van der Waals surface area contributed by atoms with Gasteiger partial charge in [-0.05, 0) is 30.4 Å². The number of benzene rings is 2. The molecule has 0 saturated heterocycles. The van der Waals surface area contributed by atoms with Crippen LogP contribution in [-0.2, 0) is 28.7 Å². The highest BCUT2D eigenvalue weighted by atomic mass is 16.5. The molecule has 2 aromatic carbocycles. The van der Waals surface area contributed by atoms with E-state index >= 15 is 0 Å². The van der Waals surface area contributed by atoms with Gasteiger partial charge in [0, 0.05) is 17.5 Å². The highest BCUT2D eigenvalue weighted by molar-refractivity contribution is 6.32. The second kappa shape index (κ2) is 14.0. The molecule has 0 bridgehead atoms. The zero-order valence-corrected chi connectivity index (χ0v) is 24.7. The standard InChI is InChI=1S/C31H37N3O8/c1-16(2)18(30(39)41-5)13-14-23(35)33-21-11-7-9-19-25(21)28(37)20-10-8-12-22(26(20)29(19)38)34-24(36)15-32-27(17(3)4)31(40)42-6/h7-12,16-18,27,32H,13-15H2,1-6H3,(H,33,35)(H,34,36)/t18-,27-/m1/s1. The third-order valence-corrected chi connectivity index (χ3v) is 7.22. The molecule has 0 fully saturated rings. The molecular formula is C31H37N3O8. The molecule has 2 atom stereocenters. The van der Waals surface area contributed by atoms with Crippen molar-refractivity contribution in [2.45, 2.75) is 46.6 Å². The number of carbonyl (C=O) groups is 6. The van der Waals surface area contributed by atoms with Crippen molar-refractivity contribution < 1.29 is 38.2 Å². The van der Waals surface area contributed by atoms with E-state index in [1.165, 1.54) is 38.5 Å². The van der Waals surface area contributed by atoms with E-state index in [9.17, 15) is 28.8 Å². The molecule has 2 amide bonds. The van der Waals surface area contributed by atoms with E-state index in [0.717, 1.165) is 0 Å². The lowest BCUT2D eigenvalue weighted by atomic mass is 9.82. The van der Waals surface area contributed by atoms with Crippen LogP contribution in [-0.4, -0.2) is 62.1 Å². The topological polar surface area (TPSA) is 157 Å². The lowest BCUT2D eigenvalue weighted by molar-refractivity contribution is -0.147. The maximum atomic E-state index is 13.6. The number of anilines is 2. The van der Waals surface area contributed by atoms with Crippen LogP contribution >= 0.6 is 0 Å². The molecule has 42 heavy (non-hydrogen) atoms. The lowest BCUT2D eigenvalue weighted by Crippen LogP contribution is -2.45. The van der Waals surface area contributed by atoms with Gasteiger partial charge in [0.2, 0.25) is 11.8 Å². The summed E-state index contributed by atoms with van der Waals surface area (Å²) in [5.41, 5.74) is 0.601. The first-order chi connectivity index (χ1) is 19.9. The quantitative estimate of drug-likeness (QED) is 0.274. The Morgan fingerprint density at radius 2 is 1.21 bits per heavy atom. The van der Waals surface area contributed by atoms with Crippen molar-refractivity contribution in [3.05, 3.63) is 58.7 Å². The van der Waals surface area contributed by atoms with Crippen molar-refractivity contribution in [2.75, 3.05) is 31.4 Å². The Labute approximate surface area is 244 Å². The maximum absolute atomic E-state index is 13.6. The highest BCUT2D eigenvalue weighted by Crippen LogP contribution is 2.35. The number of carbonyl (C=O) groups excluding carboxylic acids is 6. The van der Waals surface area contributed by atoms with Gasteiger partial charge in [-0.2, -0.15) is 0 Å². The molecule has 0 radical (unpaired) electrons. The van der Waals surface area contributed by atoms with Crippen LogP contribution in [0, 0.1) is 17.8 Å². The van der Waals surface area contributed by atoms with Crippen LogP contribution < -0.4 is 16.0 Å². The number of ether oxygens (including phenoxy) is 2. The number of esters is 2. The Morgan fingerprint density at radius 1 is 0.714 bits per heavy atom. The molecule has 1 aliphatic rings. The molecule has 11 heteroatoms. The van der Waals surface area contributed by atoms with Gasteiger partial charge in [0.25, 0.3) is 0 Å². The molecule has 1 aliphatic carbocycles. The molecule has 0 spiro atoms. The number of nitrogens with one attached hydrogen (secondary N) is 3. The van der Waals surface area contributed by atoms with Gasteiger partial charge in [0.05, 0.1) is 49.2 Å². The minimum Gasteiger partial charge on any atom is -0.469 e. The van der Waals surface area contributed by atoms with E-state index in [0.29, 0.717) is 0 Å². The fourth-order valence-corrected chi connectivity index (χ4v) is 4.94. The molecular weight excluding hydrogens is 542 g/mol. The molecule has 2 aromatic rings. The summed E-state index contributed by atoms with van der Waals surface area (Å²) in [6, 6.07) is 8.43.